The van der Waals surface area contributed by atoms with Gasteiger partial charge in [-0.1, -0.05) is 56.2 Å². The van der Waals surface area contributed by atoms with Gasteiger partial charge in [-0.05, 0) is 51.0 Å². The van der Waals surface area contributed by atoms with Crippen LogP contribution in [0, 0.1) is 5.41 Å². The van der Waals surface area contributed by atoms with Crippen LogP contribution in [0.4, 0.5) is 13.2 Å². The highest BCUT2D eigenvalue weighted by Crippen LogP contribution is 2.46. The molecule has 0 bridgehead atoms. The fraction of sp³-hybridized carbons (Fsp3) is 0.677. The van der Waals surface area contributed by atoms with Gasteiger partial charge in [0.15, 0.2) is 0 Å². The van der Waals surface area contributed by atoms with E-state index in [-0.39, 0.29) is 29.9 Å². The molecule has 1 spiro atoms. The minimum absolute atomic E-state index is 0.0197. The van der Waals surface area contributed by atoms with Gasteiger partial charge in [0, 0.05) is 63.5 Å². The van der Waals surface area contributed by atoms with Gasteiger partial charge in [0.25, 0.3) is 0 Å². The van der Waals surface area contributed by atoms with Crippen molar-refractivity contribution in [1.29, 1.82) is 5.41 Å². The number of piperazine rings is 1. The van der Waals surface area contributed by atoms with Crippen molar-refractivity contribution in [1.82, 2.24) is 14.7 Å². The summed E-state index contributed by atoms with van der Waals surface area (Å²) < 4.78 is 45.0. The molecule has 1 atom stereocenters. The van der Waals surface area contributed by atoms with Crippen molar-refractivity contribution in [2.75, 3.05) is 39.3 Å². The smallest absolute Gasteiger partial charge is 0.375 e. The summed E-state index contributed by atoms with van der Waals surface area (Å²) in [6.45, 7) is 9.45. The molecular weight excluding hydrogens is 517 g/mol. The predicted octanol–water partition coefficient (Wildman–Crippen LogP) is 6.17. The Hall–Kier alpha value is -2.23. The van der Waals surface area contributed by atoms with Gasteiger partial charge in [-0.2, -0.15) is 13.2 Å². The monoisotopic (exact) mass is 562 g/mol. The summed E-state index contributed by atoms with van der Waals surface area (Å²) in [5.41, 5.74) is 0.346. The number of rotatable bonds is 10. The van der Waals surface area contributed by atoms with E-state index < -0.39 is 11.9 Å². The number of ether oxygens (including phenoxy) is 1. The maximum absolute atomic E-state index is 13.3. The van der Waals surface area contributed by atoms with Gasteiger partial charge in [0.1, 0.15) is 5.71 Å². The van der Waals surface area contributed by atoms with Crippen molar-refractivity contribution in [3.05, 3.63) is 47.7 Å². The molecular formula is C31H45F3N4O2. The summed E-state index contributed by atoms with van der Waals surface area (Å²) in [7, 11) is 0. The lowest BCUT2D eigenvalue weighted by atomic mass is 9.76. The highest BCUT2D eigenvalue weighted by molar-refractivity contribution is 5.86. The highest BCUT2D eigenvalue weighted by atomic mass is 19.4. The molecule has 3 fully saturated rings. The lowest BCUT2D eigenvalue weighted by Gasteiger charge is -2.55. The maximum atomic E-state index is 13.3. The van der Waals surface area contributed by atoms with Crippen molar-refractivity contribution in [3.63, 3.8) is 0 Å². The first-order valence-electron chi connectivity index (χ1n) is 14.8. The molecule has 3 aliphatic rings. The summed E-state index contributed by atoms with van der Waals surface area (Å²) in [6, 6.07) is 10.5. The van der Waals surface area contributed by atoms with E-state index in [0.29, 0.717) is 25.3 Å². The van der Waals surface area contributed by atoms with E-state index in [2.05, 4.69) is 34.1 Å². The van der Waals surface area contributed by atoms with Gasteiger partial charge in [-0.25, -0.2) is 0 Å². The van der Waals surface area contributed by atoms with Crippen LogP contribution in [0.2, 0.25) is 0 Å². The minimum Gasteiger partial charge on any atom is -0.375 e. The Morgan fingerprint density at radius 3 is 2.40 bits per heavy atom. The van der Waals surface area contributed by atoms with Crippen LogP contribution < -0.4 is 0 Å². The topological polar surface area (TPSA) is 59.9 Å². The van der Waals surface area contributed by atoms with E-state index in [4.69, 9.17) is 10.1 Å². The molecule has 0 aromatic heterocycles. The zero-order valence-corrected chi connectivity index (χ0v) is 24.1. The molecule has 1 amide bonds. The van der Waals surface area contributed by atoms with Crippen molar-refractivity contribution in [3.8, 4) is 0 Å². The Balaban J connectivity index is 1.53. The molecule has 2 saturated heterocycles. The number of carbonyl (C=O) groups is 1. The third-order valence-electron chi connectivity index (χ3n) is 9.09. The zero-order valence-electron chi connectivity index (χ0n) is 24.1. The van der Waals surface area contributed by atoms with Crippen LogP contribution in [0.5, 0.6) is 0 Å². The Bertz CT molecular complexity index is 1030. The fourth-order valence-electron chi connectivity index (χ4n) is 6.84. The fourth-order valence-corrected chi connectivity index (χ4v) is 6.84. The first-order chi connectivity index (χ1) is 19.1. The second kappa shape index (κ2) is 13.2. The SMILES string of the molecule is CCC(=O)N(CC1(N2CCN(Cc3ccccc3)CC2)CCOC2(CCCC2)C1)/C(C)=C/CCC(=N)C(F)(F)F. The minimum atomic E-state index is -4.61. The van der Waals surface area contributed by atoms with Crippen molar-refractivity contribution >= 4 is 11.6 Å². The predicted molar refractivity (Wildman–Crippen MR) is 151 cm³/mol. The molecule has 1 aromatic rings. The molecule has 2 heterocycles. The van der Waals surface area contributed by atoms with Crippen LogP contribution in [0.1, 0.15) is 77.2 Å². The average Bonchev–Trinajstić information content (AvgIpc) is 3.38. The molecule has 0 radical (unpaired) electrons. The van der Waals surface area contributed by atoms with Crippen LogP contribution in [-0.2, 0) is 16.1 Å². The van der Waals surface area contributed by atoms with E-state index in [1.54, 1.807) is 6.08 Å². The Morgan fingerprint density at radius 1 is 1.10 bits per heavy atom. The number of alkyl halides is 3. The summed E-state index contributed by atoms with van der Waals surface area (Å²) >= 11 is 0. The molecule has 1 aliphatic carbocycles. The van der Waals surface area contributed by atoms with E-state index in [1.165, 1.54) is 5.56 Å². The lowest BCUT2D eigenvalue weighted by molar-refractivity contribution is -0.153. The van der Waals surface area contributed by atoms with Gasteiger partial charge in [-0.3, -0.25) is 14.6 Å². The molecule has 6 nitrogen and oxygen atoms in total. The van der Waals surface area contributed by atoms with Crippen LogP contribution in [0.3, 0.4) is 0 Å². The van der Waals surface area contributed by atoms with Gasteiger partial charge in [0.2, 0.25) is 5.91 Å². The van der Waals surface area contributed by atoms with E-state index in [1.807, 2.05) is 24.8 Å². The van der Waals surface area contributed by atoms with E-state index in [0.717, 1.165) is 71.2 Å². The number of carbonyl (C=O) groups excluding carboxylic acids is 1. The molecule has 40 heavy (non-hydrogen) atoms. The molecule has 1 saturated carbocycles. The van der Waals surface area contributed by atoms with Gasteiger partial charge >= 0.3 is 6.18 Å². The number of halogens is 3. The van der Waals surface area contributed by atoms with Crippen molar-refractivity contribution in [2.24, 2.45) is 0 Å². The van der Waals surface area contributed by atoms with Crippen molar-refractivity contribution < 1.29 is 22.7 Å². The van der Waals surface area contributed by atoms with Gasteiger partial charge in [-0.15, -0.1) is 0 Å². The maximum Gasteiger partial charge on any atom is 0.428 e. The summed E-state index contributed by atoms with van der Waals surface area (Å²) in [4.78, 5) is 20.2. The first-order valence-corrected chi connectivity index (χ1v) is 14.8. The zero-order chi connectivity index (χ0) is 28.8. The van der Waals surface area contributed by atoms with Crippen LogP contribution in [-0.4, -0.2) is 83.0 Å². The number of allylic oxidation sites excluding steroid dienone is 2. The number of hydrogen-bond acceptors (Lipinski definition) is 5. The molecule has 1 unspecified atom stereocenters. The number of nitrogens with zero attached hydrogens (tertiary/aromatic N) is 3. The van der Waals surface area contributed by atoms with E-state index in [9.17, 15) is 18.0 Å². The molecule has 2 aliphatic heterocycles. The number of nitrogens with one attached hydrogen (secondary N) is 1. The Morgan fingerprint density at radius 2 is 1.77 bits per heavy atom. The highest BCUT2D eigenvalue weighted by Gasteiger charge is 2.51. The Kier molecular flexibility index (Phi) is 10.1. The summed E-state index contributed by atoms with van der Waals surface area (Å²) in [6.07, 6.45) is 3.20. The molecule has 4 rings (SSSR count). The third-order valence-corrected chi connectivity index (χ3v) is 9.09. The Labute approximate surface area is 237 Å². The molecule has 222 valence electrons. The largest absolute Gasteiger partial charge is 0.428 e. The van der Waals surface area contributed by atoms with Gasteiger partial charge < -0.3 is 15.0 Å². The second-order valence-corrected chi connectivity index (χ2v) is 11.8. The van der Waals surface area contributed by atoms with E-state index >= 15 is 0 Å². The lowest BCUT2D eigenvalue weighted by Crippen LogP contribution is -2.66. The van der Waals surface area contributed by atoms with Gasteiger partial charge in [0.05, 0.1) is 5.60 Å². The first kappa shape index (κ1) is 30.7. The average molecular weight is 563 g/mol. The quantitative estimate of drug-likeness (QED) is 0.347. The number of hydrogen-bond donors (Lipinski definition) is 1. The van der Waals surface area contributed by atoms with Crippen LogP contribution in [0.15, 0.2) is 42.1 Å². The second-order valence-electron chi connectivity index (χ2n) is 11.8. The third kappa shape index (κ3) is 7.53. The normalized spacial score (nSPS) is 24.4. The standard InChI is InChI=1S/C31H45F3N4O2/c1-3-28(39)38(25(2)10-9-13-27(35)31(32,33)34)24-29(16-21-40-30(23-29)14-7-8-15-30)37-19-17-36(18-20-37)22-26-11-5-4-6-12-26/h4-6,10-12,35H,3,7-9,13-24H2,1-2H3/b25-10+,35-27?. The van der Waals surface area contributed by atoms with Crippen LogP contribution >= 0.6 is 0 Å². The molecule has 9 heteroatoms. The summed E-state index contributed by atoms with van der Waals surface area (Å²) in [5.74, 6) is -0.0197. The number of benzene rings is 1. The van der Waals surface area contributed by atoms with Crippen molar-refractivity contribution in [2.45, 2.75) is 95.5 Å². The number of amides is 1. The molecule has 1 aromatic carbocycles. The molecule has 1 N–H and O–H groups in total. The van der Waals surface area contributed by atoms with Crippen LogP contribution in [0.25, 0.3) is 0 Å². The summed E-state index contributed by atoms with van der Waals surface area (Å²) in [5, 5.41) is 7.30.